The largest absolute Gasteiger partial charge is 0.332 e. The van der Waals surface area contributed by atoms with E-state index in [2.05, 4.69) is 12.6 Å². The monoisotopic (exact) mass is 233 g/mol. The molecular weight excluding hydrogens is 225 g/mol. The zero-order valence-electron chi connectivity index (χ0n) is 7.50. The van der Waals surface area contributed by atoms with Crippen molar-refractivity contribution in [2.75, 3.05) is 7.05 Å². The lowest BCUT2D eigenvalue weighted by molar-refractivity contribution is 0.231. The van der Waals surface area contributed by atoms with Crippen molar-refractivity contribution < 1.29 is 9.18 Å². The Morgan fingerprint density at radius 3 is 2.86 bits per heavy atom. The zero-order valence-corrected chi connectivity index (χ0v) is 9.15. The average molecular weight is 234 g/mol. The van der Waals surface area contributed by atoms with Crippen LogP contribution in [0.15, 0.2) is 18.2 Å². The number of nitrogens with zero attached hydrogens (tertiary/aromatic N) is 1. The van der Waals surface area contributed by atoms with Crippen LogP contribution < -0.4 is 0 Å². The highest BCUT2D eigenvalue weighted by atomic mass is 35.5. The van der Waals surface area contributed by atoms with Gasteiger partial charge in [-0.2, -0.15) is 0 Å². The van der Waals surface area contributed by atoms with E-state index in [1.54, 1.807) is 0 Å². The minimum Gasteiger partial charge on any atom is -0.332 e. The topological polar surface area (TPSA) is 20.3 Å². The van der Waals surface area contributed by atoms with Crippen molar-refractivity contribution in [2.45, 2.75) is 6.54 Å². The number of amides is 1. The molecule has 0 unspecified atom stereocenters. The van der Waals surface area contributed by atoms with Gasteiger partial charge >= 0.3 is 0 Å². The summed E-state index contributed by atoms with van der Waals surface area (Å²) in [6.45, 7) is 0.161. The molecule has 0 aliphatic carbocycles. The summed E-state index contributed by atoms with van der Waals surface area (Å²) in [4.78, 5) is 12.1. The van der Waals surface area contributed by atoms with Crippen LogP contribution in [0.3, 0.4) is 0 Å². The van der Waals surface area contributed by atoms with Crippen LogP contribution in [-0.2, 0) is 6.54 Å². The highest BCUT2D eigenvalue weighted by Crippen LogP contribution is 2.16. The van der Waals surface area contributed by atoms with E-state index in [4.69, 9.17) is 11.6 Å². The van der Waals surface area contributed by atoms with Gasteiger partial charge in [-0.25, -0.2) is 4.39 Å². The van der Waals surface area contributed by atoms with Crippen molar-refractivity contribution >= 4 is 29.5 Å². The van der Waals surface area contributed by atoms with Crippen LogP contribution >= 0.6 is 24.2 Å². The van der Waals surface area contributed by atoms with Gasteiger partial charge in [-0.05, 0) is 18.2 Å². The van der Waals surface area contributed by atoms with Crippen molar-refractivity contribution in [2.24, 2.45) is 0 Å². The Hall–Kier alpha value is -0.740. The molecule has 5 heteroatoms. The normalized spacial score (nSPS) is 10.0. The van der Waals surface area contributed by atoms with Gasteiger partial charge in [0.15, 0.2) is 0 Å². The molecule has 1 rings (SSSR count). The Bertz CT molecular complexity index is 359. The predicted octanol–water partition coefficient (Wildman–Crippen LogP) is 2.96. The summed E-state index contributed by atoms with van der Waals surface area (Å²) in [5, 5.41) is 0.0331. The number of thiol groups is 1. The molecule has 0 spiro atoms. The maximum absolute atomic E-state index is 13.2. The lowest BCUT2D eigenvalue weighted by atomic mass is 10.2. The highest BCUT2D eigenvalue weighted by Gasteiger charge is 2.08. The number of halogens is 2. The summed E-state index contributed by atoms with van der Waals surface area (Å²) in [6, 6.07) is 4.22. The van der Waals surface area contributed by atoms with Gasteiger partial charge in [-0.1, -0.05) is 24.2 Å². The molecular formula is C9H9ClFNOS. The SMILES string of the molecule is CN(Cc1cc(Cl)ccc1F)C(=O)S. The summed E-state index contributed by atoms with van der Waals surface area (Å²) in [5.74, 6) is -0.379. The minimum atomic E-state index is -0.413. The maximum atomic E-state index is 13.2. The number of carbonyl (C=O) groups is 1. The first-order chi connectivity index (χ1) is 6.50. The zero-order chi connectivity index (χ0) is 10.7. The average Bonchev–Trinajstić information content (AvgIpc) is 2.11. The molecule has 14 heavy (non-hydrogen) atoms. The van der Waals surface area contributed by atoms with Crippen molar-refractivity contribution in [3.05, 3.63) is 34.6 Å². The number of hydrogen-bond donors (Lipinski definition) is 1. The van der Waals surface area contributed by atoms with Crippen LogP contribution in [0.5, 0.6) is 0 Å². The van der Waals surface area contributed by atoms with E-state index in [1.165, 1.54) is 30.1 Å². The molecule has 1 aromatic rings. The molecule has 0 saturated heterocycles. The molecule has 0 saturated carbocycles. The van der Waals surface area contributed by atoms with Crippen molar-refractivity contribution in [3.8, 4) is 0 Å². The third-order valence-corrected chi connectivity index (χ3v) is 2.32. The van der Waals surface area contributed by atoms with Crippen LogP contribution in [0.1, 0.15) is 5.56 Å². The molecule has 0 radical (unpaired) electrons. The molecule has 2 nitrogen and oxygen atoms in total. The fourth-order valence-electron chi connectivity index (χ4n) is 0.988. The number of hydrogen-bond acceptors (Lipinski definition) is 1. The van der Waals surface area contributed by atoms with Crippen LogP contribution in [-0.4, -0.2) is 17.2 Å². The predicted molar refractivity (Wildman–Crippen MR) is 57.3 cm³/mol. The maximum Gasteiger partial charge on any atom is 0.278 e. The lowest BCUT2D eigenvalue weighted by Crippen LogP contribution is -2.20. The number of carbonyl (C=O) groups excluding carboxylic acids is 1. The molecule has 76 valence electrons. The van der Waals surface area contributed by atoms with Gasteiger partial charge in [-0.15, -0.1) is 0 Å². The van der Waals surface area contributed by atoms with E-state index >= 15 is 0 Å². The van der Waals surface area contributed by atoms with Gasteiger partial charge in [0.25, 0.3) is 5.24 Å². The summed E-state index contributed by atoms with van der Waals surface area (Å²) in [6.07, 6.45) is 0. The standard InChI is InChI=1S/C9H9ClFNOS/c1-12(9(13)14)5-6-4-7(10)2-3-8(6)11/h2-4H,5H2,1H3,(H,13,14). The van der Waals surface area contributed by atoms with E-state index < -0.39 is 5.24 Å². The number of benzene rings is 1. The van der Waals surface area contributed by atoms with Gasteiger partial charge < -0.3 is 4.90 Å². The second-order valence-corrected chi connectivity index (χ2v) is 3.69. The quantitative estimate of drug-likeness (QED) is 0.779. The fraction of sp³-hybridized carbons (Fsp3) is 0.222. The Morgan fingerprint density at radius 1 is 1.64 bits per heavy atom. The first-order valence-electron chi connectivity index (χ1n) is 3.88. The van der Waals surface area contributed by atoms with Crippen molar-refractivity contribution in [3.63, 3.8) is 0 Å². The van der Waals surface area contributed by atoms with Gasteiger partial charge in [0.05, 0.1) is 0 Å². The van der Waals surface area contributed by atoms with E-state index in [0.29, 0.717) is 10.6 Å². The van der Waals surface area contributed by atoms with Crippen LogP contribution in [0.2, 0.25) is 5.02 Å². The van der Waals surface area contributed by atoms with Crippen LogP contribution in [0, 0.1) is 5.82 Å². The van der Waals surface area contributed by atoms with Gasteiger partial charge in [-0.3, -0.25) is 4.79 Å². The van der Waals surface area contributed by atoms with Gasteiger partial charge in [0.2, 0.25) is 0 Å². The molecule has 0 atom stereocenters. The summed E-state index contributed by atoms with van der Waals surface area (Å²) in [7, 11) is 1.54. The van der Waals surface area contributed by atoms with Gasteiger partial charge in [0, 0.05) is 24.2 Å². The van der Waals surface area contributed by atoms with E-state index in [-0.39, 0.29) is 12.4 Å². The molecule has 0 heterocycles. The molecule has 0 aliphatic rings. The molecule has 0 fully saturated rings. The third-order valence-electron chi connectivity index (χ3n) is 1.74. The fourth-order valence-corrected chi connectivity index (χ4v) is 1.25. The Morgan fingerprint density at radius 2 is 2.29 bits per heavy atom. The smallest absolute Gasteiger partial charge is 0.278 e. The summed E-state index contributed by atoms with van der Waals surface area (Å²) < 4.78 is 13.2. The minimum absolute atomic E-state index is 0.161. The molecule has 0 bridgehead atoms. The lowest BCUT2D eigenvalue weighted by Gasteiger charge is -2.14. The second kappa shape index (κ2) is 4.66. The van der Waals surface area contributed by atoms with Crippen molar-refractivity contribution in [1.29, 1.82) is 0 Å². The first-order valence-corrected chi connectivity index (χ1v) is 4.71. The molecule has 0 aliphatic heterocycles. The van der Waals surface area contributed by atoms with Crippen LogP contribution in [0.4, 0.5) is 9.18 Å². The van der Waals surface area contributed by atoms with Crippen LogP contribution in [0.25, 0.3) is 0 Å². The Kier molecular flexibility index (Phi) is 3.77. The molecule has 0 N–H and O–H groups in total. The second-order valence-electron chi connectivity index (χ2n) is 2.87. The highest BCUT2D eigenvalue weighted by molar-refractivity contribution is 7.96. The van der Waals surface area contributed by atoms with Gasteiger partial charge in [0.1, 0.15) is 5.82 Å². The summed E-state index contributed by atoms with van der Waals surface area (Å²) in [5.41, 5.74) is 0.377. The molecule has 1 aromatic carbocycles. The van der Waals surface area contributed by atoms with E-state index in [0.717, 1.165) is 0 Å². The molecule has 1 amide bonds. The third kappa shape index (κ3) is 2.89. The first kappa shape index (κ1) is 11.3. The number of rotatable bonds is 2. The van der Waals surface area contributed by atoms with Crippen molar-refractivity contribution in [1.82, 2.24) is 4.90 Å². The van der Waals surface area contributed by atoms with E-state index in [9.17, 15) is 9.18 Å². The van der Waals surface area contributed by atoms with E-state index in [1.807, 2.05) is 0 Å². The molecule has 0 aromatic heterocycles. The summed E-state index contributed by atoms with van der Waals surface area (Å²) >= 11 is 9.31. The Balaban J connectivity index is 2.85. The Labute approximate surface area is 92.1 Å².